The first-order valence-corrected chi connectivity index (χ1v) is 5.05. The van der Waals surface area contributed by atoms with E-state index in [-0.39, 0.29) is 0 Å². The van der Waals surface area contributed by atoms with Crippen LogP contribution in [-0.2, 0) is 0 Å². The van der Waals surface area contributed by atoms with Gasteiger partial charge in [0.15, 0.2) is 5.82 Å². The molecule has 15 heavy (non-hydrogen) atoms. The van der Waals surface area contributed by atoms with Gasteiger partial charge in [0, 0.05) is 17.5 Å². The zero-order valence-electron chi connectivity index (χ0n) is 9.28. The van der Waals surface area contributed by atoms with Crippen LogP contribution in [0.2, 0.25) is 0 Å². The highest BCUT2D eigenvalue weighted by Gasteiger charge is 2.04. The lowest BCUT2D eigenvalue weighted by atomic mass is 10.1. The van der Waals surface area contributed by atoms with Gasteiger partial charge in [0.1, 0.15) is 0 Å². The van der Waals surface area contributed by atoms with E-state index in [1.165, 1.54) is 5.56 Å². The fourth-order valence-electron chi connectivity index (χ4n) is 1.48. The van der Waals surface area contributed by atoms with E-state index >= 15 is 0 Å². The number of hydrogen-bond donors (Lipinski definition) is 0. The Kier molecular flexibility index (Phi) is 2.50. The molecule has 0 atom stereocenters. The molecule has 0 aliphatic rings. The number of nitrogens with zero attached hydrogens (tertiary/aromatic N) is 2. The van der Waals surface area contributed by atoms with Crippen LogP contribution in [0.25, 0.3) is 11.4 Å². The van der Waals surface area contributed by atoms with Crippen LogP contribution in [-0.4, -0.2) is 9.97 Å². The molecule has 1 heterocycles. The number of rotatable bonds is 1. The van der Waals surface area contributed by atoms with Crippen molar-refractivity contribution in [2.75, 3.05) is 0 Å². The molecule has 0 bridgehead atoms. The van der Waals surface area contributed by atoms with E-state index in [2.05, 4.69) is 29.0 Å². The molecular formula is C13H14N2. The number of hydrogen-bond acceptors (Lipinski definition) is 2. The van der Waals surface area contributed by atoms with Crippen LogP contribution in [0, 0.1) is 20.8 Å². The molecule has 0 amide bonds. The van der Waals surface area contributed by atoms with E-state index in [4.69, 9.17) is 0 Å². The van der Waals surface area contributed by atoms with Crippen LogP contribution in [0.5, 0.6) is 0 Å². The van der Waals surface area contributed by atoms with Crippen molar-refractivity contribution in [3.8, 4) is 11.4 Å². The van der Waals surface area contributed by atoms with Gasteiger partial charge in [-0.05, 0) is 31.9 Å². The van der Waals surface area contributed by atoms with Crippen LogP contribution in [0.15, 0.2) is 30.5 Å². The first-order valence-electron chi connectivity index (χ1n) is 5.05. The van der Waals surface area contributed by atoms with E-state index in [1.54, 1.807) is 0 Å². The summed E-state index contributed by atoms with van der Waals surface area (Å²) in [4.78, 5) is 8.85. The second kappa shape index (κ2) is 3.81. The summed E-state index contributed by atoms with van der Waals surface area (Å²) < 4.78 is 0. The van der Waals surface area contributed by atoms with Gasteiger partial charge in [-0.15, -0.1) is 0 Å². The van der Waals surface area contributed by atoms with Gasteiger partial charge in [0.25, 0.3) is 0 Å². The molecule has 1 aromatic heterocycles. The molecule has 2 heteroatoms. The predicted molar refractivity (Wildman–Crippen MR) is 61.7 cm³/mol. The fraction of sp³-hybridized carbons (Fsp3) is 0.231. The largest absolute Gasteiger partial charge is 0.236 e. The maximum atomic E-state index is 4.49. The molecule has 2 nitrogen and oxygen atoms in total. The van der Waals surface area contributed by atoms with Crippen molar-refractivity contribution in [1.82, 2.24) is 9.97 Å². The summed E-state index contributed by atoms with van der Waals surface area (Å²) in [5.74, 6) is 0.816. The van der Waals surface area contributed by atoms with E-state index in [9.17, 15) is 0 Å². The van der Waals surface area contributed by atoms with Crippen molar-refractivity contribution >= 4 is 0 Å². The smallest absolute Gasteiger partial charge is 0.159 e. The SMILES string of the molecule is Cc1ccccc1-c1ncc(C)c(C)n1. The topological polar surface area (TPSA) is 25.8 Å². The molecule has 0 spiro atoms. The average molecular weight is 198 g/mol. The highest BCUT2D eigenvalue weighted by molar-refractivity contribution is 5.59. The third kappa shape index (κ3) is 1.89. The Morgan fingerprint density at radius 3 is 2.33 bits per heavy atom. The summed E-state index contributed by atoms with van der Waals surface area (Å²) in [5, 5.41) is 0. The van der Waals surface area contributed by atoms with Gasteiger partial charge in [0.05, 0.1) is 0 Å². The van der Waals surface area contributed by atoms with Crippen LogP contribution in [0.3, 0.4) is 0 Å². The Morgan fingerprint density at radius 1 is 0.933 bits per heavy atom. The monoisotopic (exact) mass is 198 g/mol. The molecule has 0 radical (unpaired) electrons. The van der Waals surface area contributed by atoms with Gasteiger partial charge < -0.3 is 0 Å². The second-order valence-electron chi connectivity index (χ2n) is 3.78. The fourth-order valence-corrected chi connectivity index (χ4v) is 1.48. The quantitative estimate of drug-likeness (QED) is 0.703. The minimum atomic E-state index is 0.816. The molecule has 0 fully saturated rings. The lowest BCUT2D eigenvalue weighted by molar-refractivity contribution is 1.07. The summed E-state index contributed by atoms with van der Waals surface area (Å²) in [7, 11) is 0. The molecular weight excluding hydrogens is 184 g/mol. The molecule has 1 aromatic carbocycles. The highest BCUT2D eigenvalue weighted by Crippen LogP contribution is 2.19. The number of aromatic nitrogens is 2. The summed E-state index contributed by atoms with van der Waals surface area (Å²) in [6, 6.07) is 8.17. The Labute approximate surface area is 90.0 Å². The second-order valence-corrected chi connectivity index (χ2v) is 3.78. The molecule has 2 rings (SSSR count). The van der Waals surface area contributed by atoms with Crippen molar-refractivity contribution in [2.45, 2.75) is 20.8 Å². The summed E-state index contributed by atoms with van der Waals surface area (Å²) in [5.41, 5.74) is 4.50. The van der Waals surface area contributed by atoms with Gasteiger partial charge in [-0.25, -0.2) is 9.97 Å². The number of benzene rings is 1. The van der Waals surface area contributed by atoms with Crippen LogP contribution in [0.1, 0.15) is 16.8 Å². The van der Waals surface area contributed by atoms with E-state index < -0.39 is 0 Å². The lowest BCUT2D eigenvalue weighted by Gasteiger charge is -2.05. The van der Waals surface area contributed by atoms with E-state index in [0.717, 1.165) is 22.6 Å². The third-order valence-corrected chi connectivity index (χ3v) is 2.61. The summed E-state index contributed by atoms with van der Waals surface area (Å²) in [6.07, 6.45) is 1.88. The van der Waals surface area contributed by atoms with Gasteiger partial charge >= 0.3 is 0 Å². The molecule has 0 aliphatic heterocycles. The van der Waals surface area contributed by atoms with Crippen LogP contribution < -0.4 is 0 Å². The Hall–Kier alpha value is -1.70. The Balaban J connectivity index is 2.55. The van der Waals surface area contributed by atoms with Crippen molar-refractivity contribution in [2.24, 2.45) is 0 Å². The number of aryl methyl sites for hydroxylation is 3. The molecule has 0 saturated heterocycles. The standard InChI is InChI=1S/C13H14N2/c1-9-6-4-5-7-12(9)13-14-8-10(2)11(3)15-13/h4-8H,1-3H3. The van der Waals surface area contributed by atoms with Gasteiger partial charge in [-0.3, -0.25) is 0 Å². The first kappa shape index (κ1) is 9.84. The average Bonchev–Trinajstić information content (AvgIpc) is 2.23. The molecule has 76 valence electrons. The van der Waals surface area contributed by atoms with Crippen molar-refractivity contribution < 1.29 is 0 Å². The normalized spacial score (nSPS) is 10.3. The molecule has 2 aromatic rings. The lowest BCUT2D eigenvalue weighted by Crippen LogP contribution is -1.95. The Bertz CT molecular complexity index is 490. The first-order chi connectivity index (χ1) is 7.18. The van der Waals surface area contributed by atoms with Gasteiger partial charge in [-0.2, -0.15) is 0 Å². The maximum Gasteiger partial charge on any atom is 0.159 e. The van der Waals surface area contributed by atoms with E-state index in [1.807, 2.05) is 32.2 Å². The van der Waals surface area contributed by atoms with Crippen LogP contribution >= 0.6 is 0 Å². The molecule has 0 saturated carbocycles. The minimum absolute atomic E-state index is 0.816. The van der Waals surface area contributed by atoms with Crippen molar-refractivity contribution in [1.29, 1.82) is 0 Å². The Morgan fingerprint density at radius 2 is 1.67 bits per heavy atom. The molecule has 0 aliphatic carbocycles. The van der Waals surface area contributed by atoms with Crippen molar-refractivity contribution in [3.05, 3.63) is 47.3 Å². The molecule has 0 unspecified atom stereocenters. The maximum absolute atomic E-state index is 4.49. The highest BCUT2D eigenvalue weighted by atomic mass is 14.9. The summed E-state index contributed by atoms with van der Waals surface area (Å²) >= 11 is 0. The van der Waals surface area contributed by atoms with Gasteiger partial charge in [0.2, 0.25) is 0 Å². The minimum Gasteiger partial charge on any atom is -0.236 e. The van der Waals surface area contributed by atoms with Gasteiger partial charge in [-0.1, -0.05) is 24.3 Å². The predicted octanol–water partition coefficient (Wildman–Crippen LogP) is 3.07. The van der Waals surface area contributed by atoms with Crippen molar-refractivity contribution in [3.63, 3.8) is 0 Å². The zero-order chi connectivity index (χ0) is 10.8. The summed E-state index contributed by atoms with van der Waals surface area (Å²) in [6.45, 7) is 6.11. The van der Waals surface area contributed by atoms with Crippen LogP contribution in [0.4, 0.5) is 0 Å². The third-order valence-electron chi connectivity index (χ3n) is 2.61. The zero-order valence-corrected chi connectivity index (χ0v) is 9.28. The van der Waals surface area contributed by atoms with E-state index in [0.29, 0.717) is 0 Å². The molecule has 0 N–H and O–H groups in total.